The lowest BCUT2D eigenvalue weighted by Crippen LogP contribution is -2.20. The number of carbonyl (C=O) groups excluding carboxylic acids is 1. The molecule has 0 saturated heterocycles. The molecule has 0 aromatic heterocycles. The van der Waals surface area contributed by atoms with Crippen molar-refractivity contribution in [1.82, 2.24) is 0 Å². The Morgan fingerprint density at radius 2 is 1.48 bits per heavy atom. The first-order chi connectivity index (χ1) is 10.2. The molecule has 0 N–H and O–H groups in total. The molecule has 0 aliphatic heterocycles. The summed E-state index contributed by atoms with van der Waals surface area (Å²) in [6.07, 6.45) is 17.8. The van der Waals surface area contributed by atoms with E-state index in [0.29, 0.717) is 0 Å². The van der Waals surface area contributed by atoms with E-state index in [9.17, 15) is 4.79 Å². The van der Waals surface area contributed by atoms with E-state index in [1.165, 1.54) is 70.6 Å². The number of unbranched alkanes of at least 4 members (excludes halogenated alkanes) is 8. The van der Waals surface area contributed by atoms with E-state index in [-0.39, 0.29) is 18.0 Å². The highest BCUT2D eigenvalue weighted by molar-refractivity contribution is 5.72. The molecule has 2 heteroatoms. The lowest BCUT2D eigenvalue weighted by molar-refractivity contribution is -0.153. The monoisotopic (exact) mass is 296 g/mol. The molecular formula is C19H36O2. The Labute approximate surface area is 132 Å². The van der Waals surface area contributed by atoms with Gasteiger partial charge in [0.15, 0.2) is 0 Å². The van der Waals surface area contributed by atoms with Gasteiger partial charge in [-0.05, 0) is 32.6 Å². The van der Waals surface area contributed by atoms with Gasteiger partial charge in [-0.2, -0.15) is 0 Å². The Kier molecular flexibility index (Phi) is 10.6. The second-order valence-electron chi connectivity index (χ2n) is 6.85. The first-order valence-electron chi connectivity index (χ1n) is 9.44. The van der Waals surface area contributed by atoms with E-state index in [1.54, 1.807) is 0 Å². The third kappa shape index (κ3) is 9.16. The molecule has 1 saturated carbocycles. The van der Waals surface area contributed by atoms with Crippen molar-refractivity contribution in [3.8, 4) is 0 Å². The summed E-state index contributed by atoms with van der Waals surface area (Å²) in [6, 6.07) is 0. The molecule has 1 aliphatic rings. The van der Waals surface area contributed by atoms with Crippen LogP contribution in [0.5, 0.6) is 0 Å². The standard InChI is InChI=1S/C19H36O2/c1-3-4-5-6-7-8-9-10-11-14-17(2)21-19(20)18-15-12-13-16-18/h17-18H,3-16H2,1-2H3. The van der Waals surface area contributed by atoms with Crippen LogP contribution in [0, 0.1) is 5.92 Å². The third-order valence-corrected chi connectivity index (χ3v) is 4.72. The van der Waals surface area contributed by atoms with Crippen LogP contribution >= 0.6 is 0 Å². The summed E-state index contributed by atoms with van der Waals surface area (Å²) >= 11 is 0. The molecule has 1 unspecified atom stereocenters. The van der Waals surface area contributed by atoms with Gasteiger partial charge in [-0.3, -0.25) is 4.79 Å². The summed E-state index contributed by atoms with van der Waals surface area (Å²) in [7, 11) is 0. The Bertz CT molecular complexity index is 256. The number of hydrogen-bond donors (Lipinski definition) is 0. The molecule has 0 heterocycles. The van der Waals surface area contributed by atoms with Crippen LogP contribution in [-0.4, -0.2) is 12.1 Å². The molecule has 0 amide bonds. The molecule has 21 heavy (non-hydrogen) atoms. The molecule has 1 atom stereocenters. The van der Waals surface area contributed by atoms with Gasteiger partial charge < -0.3 is 4.74 Å². The maximum atomic E-state index is 11.9. The lowest BCUT2D eigenvalue weighted by atomic mass is 10.1. The first-order valence-corrected chi connectivity index (χ1v) is 9.44. The van der Waals surface area contributed by atoms with Crippen LogP contribution in [0.4, 0.5) is 0 Å². The van der Waals surface area contributed by atoms with Crippen LogP contribution < -0.4 is 0 Å². The lowest BCUT2D eigenvalue weighted by Gasteiger charge is -2.16. The number of rotatable bonds is 12. The van der Waals surface area contributed by atoms with E-state index in [2.05, 4.69) is 13.8 Å². The second kappa shape index (κ2) is 12.1. The summed E-state index contributed by atoms with van der Waals surface area (Å²) in [5, 5.41) is 0. The Hall–Kier alpha value is -0.530. The first kappa shape index (κ1) is 18.5. The largest absolute Gasteiger partial charge is 0.462 e. The zero-order valence-electron chi connectivity index (χ0n) is 14.4. The maximum Gasteiger partial charge on any atom is 0.309 e. The average Bonchev–Trinajstić information content (AvgIpc) is 3.00. The quantitative estimate of drug-likeness (QED) is 0.325. The zero-order valence-corrected chi connectivity index (χ0v) is 14.4. The Balaban J connectivity index is 1.88. The second-order valence-corrected chi connectivity index (χ2v) is 6.85. The highest BCUT2D eigenvalue weighted by Crippen LogP contribution is 2.26. The van der Waals surface area contributed by atoms with Crippen molar-refractivity contribution in [2.24, 2.45) is 5.92 Å². The van der Waals surface area contributed by atoms with E-state index in [1.807, 2.05) is 0 Å². The molecule has 0 aromatic rings. The maximum absolute atomic E-state index is 11.9. The van der Waals surface area contributed by atoms with Gasteiger partial charge in [0.2, 0.25) is 0 Å². The summed E-state index contributed by atoms with van der Waals surface area (Å²) in [5.41, 5.74) is 0. The normalized spacial score (nSPS) is 17.0. The highest BCUT2D eigenvalue weighted by Gasteiger charge is 2.25. The van der Waals surface area contributed by atoms with E-state index in [0.717, 1.165) is 19.3 Å². The Morgan fingerprint density at radius 1 is 0.952 bits per heavy atom. The minimum absolute atomic E-state index is 0.0657. The molecule has 0 aromatic carbocycles. The molecule has 124 valence electrons. The molecule has 1 fully saturated rings. The zero-order chi connectivity index (χ0) is 15.3. The molecule has 1 aliphatic carbocycles. The van der Waals surface area contributed by atoms with E-state index < -0.39 is 0 Å². The highest BCUT2D eigenvalue weighted by atomic mass is 16.5. The molecular weight excluding hydrogens is 260 g/mol. The summed E-state index contributed by atoms with van der Waals surface area (Å²) in [5.74, 6) is 0.270. The van der Waals surface area contributed by atoms with Crippen LogP contribution in [0.2, 0.25) is 0 Å². The van der Waals surface area contributed by atoms with Crippen molar-refractivity contribution in [3.05, 3.63) is 0 Å². The fourth-order valence-corrected chi connectivity index (χ4v) is 3.26. The van der Waals surface area contributed by atoms with Crippen molar-refractivity contribution in [2.45, 2.75) is 110 Å². The van der Waals surface area contributed by atoms with Crippen molar-refractivity contribution in [1.29, 1.82) is 0 Å². The van der Waals surface area contributed by atoms with Gasteiger partial charge in [0.1, 0.15) is 0 Å². The van der Waals surface area contributed by atoms with Gasteiger partial charge in [-0.1, -0.05) is 71.1 Å². The van der Waals surface area contributed by atoms with E-state index in [4.69, 9.17) is 4.74 Å². The van der Waals surface area contributed by atoms with Gasteiger partial charge in [-0.15, -0.1) is 0 Å². The van der Waals surface area contributed by atoms with Gasteiger partial charge in [-0.25, -0.2) is 0 Å². The summed E-state index contributed by atoms with van der Waals surface area (Å²) in [6.45, 7) is 4.32. The predicted molar refractivity (Wildman–Crippen MR) is 89.4 cm³/mol. The van der Waals surface area contributed by atoms with Crippen molar-refractivity contribution >= 4 is 5.97 Å². The fraction of sp³-hybridized carbons (Fsp3) is 0.947. The van der Waals surface area contributed by atoms with Crippen molar-refractivity contribution < 1.29 is 9.53 Å². The van der Waals surface area contributed by atoms with Gasteiger partial charge >= 0.3 is 5.97 Å². The smallest absolute Gasteiger partial charge is 0.309 e. The van der Waals surface area contributed by atoms with E-state index >= 15 is 0 Å². The number of carbonyl (C=O) groups is 1. The van der Waals surface area contributed by atoms with Crippen LogP contribution in [-0.2, 0) is 9.53 Å². The Morgan fingerprint density at radius 3 is 2.05 bits per heavy atom. The topological polar surface area (TPSA) is 26.3 Å². The minimum Gasteiger partial charge on any atom is -0.462 e. The summed E-state index contributed by atoms with van der Waals surface area (Å²) < 4.78 is 5.57. The van der Waals surface area contributed by atoms with Crippen molar-refractivity contribution in [3.63, 3.8) is 0 Å². The molecule has 2 nitrogen and oxygen atoms in total. The molecule has 0 radical (unpaired) electrons. The minimum atomic E-state index is 0.0657. The average molecular weight is 296 g/mol. The van der Waals surface area contributed by atoms with Gasteiger partial charge in [0.25, 0.3) is 0 Å². The van der Waals surface area contributed by atoms with Crippen LogP contribution in [0.25, 0.3) is 0 Å². The molecule has 1 rings (SSSR count). The molecule has 0 spiro atoms. The third-order valence-electron chi connectivity index (χ3n) is 4.72. The summed E-state index contributed by atoms with van der Waals surface area (Å²) in [4.78, 5) is 11.9. The SMILES string of the molecule is CCCCCCCCCCCC(C)OC(=O)C1CCCC1. The van der Waals surface area contributed by atoms with Crippen LogP contribution in [0.15, 0.2) is 0 Å². The van der Waals surface area contributed by atoms with Crippen molar-refractivity contribution in [2.75, 3.05) is 0 Å². The predicted octanol–water partition coefficient (Wildman–Crippen LogP) is 6.03. The van der Waals surface area contributed by atoms with Crippen LogP contribution in [0.1, 0.15) is 104 Å². The van der Waals surface area contributed by atoms with Gasteiger partial charge in [0, 0.05) is 0 Å². The number of ether oxygens (including phenoxy) is 1. The van der Waals surface area contributed by atoms with Gasteiger partial charge in [0.05, 0.1) is 12.0 Å². The fourth-order valence-electron chi connectivity index (χ4n) is 3.26. The number of hydrogen-bond acceptors (Lipinski definition) is 2. The molecule has 0 bridgehead atoms. The van der Waals surface area contributed by atoms with Crippen LogP contribution in [0.3, 0.4) is 0 Å². The number of esters is 1.